The van der Waals surface area contributed by atoms with Crippen LogP contribution in [0.25, 0.3) is 0 Å². The van der Waals surface area contributed by atoms with Crippen molar-refractivity contribution < 1.29 is 9.15 Å². The first-order valence-electron chi connectivity index (χ1n) is 4.94. The van der Waals surface area contributed by atoms with Gasteiger partial charge in [-0.15, -0.1) is 0 Å². The fraction of sp³-hybridized carbons (Fsp3) is 0.167. The maximum atomic E-state index is 5.97. The number of hydrogen-bond acceptors (Lipinski definition) is 3. The molecule has 1 aromatic heterocycles. The third-order valence-corrected chi connectivity index (χ3v) is 2.48. The highest BCUT2D eigenvalue weighted by Crippen LogP contribution is 2.26. The van der Waals surface area contributed by atoms with Crippen molar-refractivity contribution >= 4 is 17.3 Å². The fourth-order valence-corrected chi connectivity index (χ4v) is 1.59. The molecule has 3 nitrogen and oxygen atoms in total. The van der Waals surface area contributed by atoms with Crippen LogP contribution in [0.15, 0.2) is 41.2 Å². The summed E-state index contributed by atoms with van der Waals surface area (Å²) < 4.78 is 10.5. The Hall–Kier alpha value is -1.61. The first-order valence-corrected chi connectivity index (χ1v) is 5.32. The number of benzene rings is 1. The van der Waals surface area contributed by atoms with E-state index in [0.717, 1.165) is 12.0 Å². The van der Waals surface area contributed by atoms with Crippen molar-refractivity contribution in [3.05, 3.63) is 47.4 Å². The van der Waals surface area contributed by atoms with Crippen molar-refractivity contribution in [2.45, 2.75) is 6.42 Å². The van der Waals surface area contributed by atoms with Crippen LogP contribution >= 0.6 is 11.6 Å². The molecule has 0 unspecified atom stereocenters. The Morgan fingerprint density at radius 2 is 2.19 bits per heavy atom. The standard InChI is InChI=1S/C12H12ClNO2/c13-11-7-10(14)1-2-12(11)16-6-4-9-3-5-15-8-9/h1-3,5,7-8H,4,6,14H2. The molecule has 0 spiro atoms. The topological polar surface area (TPSA) is 48.4 Å². The van der Waals surface area contributed by atoms with Crippen LogP contribution < -0.4 is 10.5 Å². The average molecular weight is 238 g/mol. The molecule has 0 aliphatic carbocycles. The van der Waals surface area contributed by atoms with Gasteiger partial charge in [0.05, 0.1) is 24.2 Å². The second kappa shape index (κ2) is 4.94. The van der Waals surface area contributed by atoms with E-state index in [4.69, 9.17) is 26.5 Å². The van der Waals surface area contributed by atoms with Crippen LogP contribution in [0.3, 0.4) is 0 Å². The summed E-state index contributed by atoms with van der Waals surface area (Å²) in [5.74, 6) is 0.652. The van der Waals surface area contributed by atoms with Crippen LogP contribution in [0, 0.1) is 0 Å². The first kappa shape index (κ1) is 10.9. The summed E-state index contributed by atoms with van der Waals surface area (Å²) in [6, 6.07) is 7.12. The van der Waals surface area contributed by atoms with Crippen LogP contribution in [0.1, 0.15) is 5.56 Å². The molecule has 2 N–H and O–H groups in total. The highest BCUT2D eigenvalue weighted by atomic mass is 35.5. The van der Waals surface area contributed by atoms with Gasteiger partial charge in [0.1, 0.15) is 5.75 Å². The molecule has 16 heavy (non-hydrogen) atoms. The molecule has 1 aromatic carbocycles. The minimum atomic E-state index is 0.534. The van der Waals surface area contributed by atoms with E-state index in [1.54, 1.807) is 30.7 Å². The van der Waals surface area contributed by atoms with Crippen LogP contribution in [0.4, 0.5) is 5.69 Å². The summed E-state index contributed by atoms with van der Waals surface area (Å²) in [5, 5.41) is 0.534. The molecule has 0 saturated heterocycles. The molecule has 0 fully saturated rings. The molecule has 2 rings (SSSR count). The Morgan fingerprint density at radius 1 is 1.31 bits per heavy atom. The summed E-state index contributed by atoms with van der Waals surface area (Å²) >= 11 is 5.97. The molecule has 0 amide bonds. The van der Waals surface area contributed by atoms with Crippen LogP contribution in [0.5, 0.6) is 5.75 Å². The molecule has 4 heteroatoms. The number of halogens is 1. The maximum absolute atomic E-state index is 5.97. The zero-order valence-electron chi connectivity index (χ0n) is 8.65. The molecular formula is C12H12ClNO2. The van der Waals surface area contributed by atoms with Gasteiger partial charge >= 0.3 is 0 Å². The fourth-order valence-electron chi connectivity index (χ4n) is 1.35. The largest absolute Gasteiger partial charge is 0.492 e. The molecular weight excluding hydrogens is 226 g/mol. The minimum absolute atomic E-state index is 0.534. The molecule has 0 bridgehead atoms. The van der Waals surface area contributed by atoms with E-state index in [2.05, 4.69) is 0 Å². The number of furan rings is 1. The third-order valence-electron chi connectivity index (χ3n) is 2.18. The monoisotopic (exact) mass is 237 g/mol. The molecule has 0 radical (unpaired) electrons. The number of nitrogens with two attached hydrogens (primary N) is 1. The third kappa shape index (κ3) is 2.70. The Labute approximate surface area is 98.8 Å². The van der Waals surface area contributed by atoms with Gasteiger partial charge in [-0.05, 0) is 29.8 Å². The molecule has 84 valence electrons. The summed E-state index contributed by atoms with van der Waals surface area (Å²) in [6.07, 6.45) is 4.14. The lowest BCUT2D eigenvalue weighted by Crippen LogP contribution is -2.01. The smallest absolute Gasteiger partial charge is 0.138 e. The zero-order valence-corrected chi connectivity index (χ0v) is 9.41. The van der Waals surface area contributed by atoms with Gasteiger partial charge in [0.15, 0.2) is 0 Å². The van der Waals surface area contributed by atoms with Gasteiger partial charge in [0, 0.05) is 12.1 Å². The van der Waals surface area contributed by atoms with Crippen molar-refractivity contribution in [1.82, 2.24) is 0 Å². The van der Waals surface area contributed by atoms with Crippen molar-refractivity contribution in [2.24, 2.45) is 0 Å². The van der Waals surface area contributed by atoms with Crippen LogP contribution in [-0.4, -0.2) is 6.61 Å². The SMILES string of the molecule is Nc1ccc(OCCc2ccoc2)c(Cl)c1. The molecule has 2 aromatic rings. The zero-order chi connectivity index (χ0) is 11.4. The van der Waals surface area contributed by atoms with Gasteiger partial charge in [0.25, 0.3) is 0 Å². The van der Waals surface area contributed by atoms with Crippen molar-refractivity contribution in [3.63, 3.8) is 0 Å². The summed E-state index contributed by atoms with van der Waals surface area (Å²) in [4.78, 5) is 0. The summed E-state index contributed by atoms with van der Waals surface area (Å²) in [5.41, 5.74) is 7.32. The highest BCUT2D eigenvalue weighted by Gasteiger charge is 2.02. The predicted molar refractivity (Wildman–Crippen MR) is 63.8 cm³/mol. The van der Waals surface area contributed by atoms with Crippen LogP contribution in [-0.2, 0) is 6.42 Å². The van der Waals surface area contributed by atoms with Crippen molar-refractivity contribution in [1.29, 1.82) is 0 Å². The van der Waals surface area contributed by atoms with E-state index in [1.807, 2.05) is 6.07 Å². The van der Waals surface area contributed by atoms with Crippen molar-refractivity contribution in [2.75, 3.05) is 12.3 Å². The van der Waals surface area contributed by atoms with E-state index < -0.39 is 0 Å². The summed E-state index contributed by atoms with van der Waals surface area (Å²) in [7, 11) is 0. The van der Waals surface area contributed by atoms with Gasteiger partial charge in [-0.3, -0.25) is 0 Å². The van der Waals surface area contributed by atoms with E-state index in [-0.39, 0.29) is 0 Å². The number of ether oxygens (including phenoxy) is 1. The number of rotatable bonds is 4. The van der Waals surface area contributed by atoms with E-state index in [0.29, 0.717) is 23.1 Å². The van der Waals surface area contributed by atoms with E-state index in [1.165, 1.54) is 0 Å². The number of nitrogen functional groups attached to an aromatic ring is 1. The van der Waals surface area contributed by atoms with Gasteiger partial charge in [0.2, 0.25) is 0 Å². The first-order chi connectivity index (χ1) is 7.75. The maximum Gasteiger partial charge on any atom is 0.138 e. The molecule has 1 heterocycles. The predicted octanol–water partition coefficient (Wildman–Crippen LogP) is 3.14. The quantitative estimate of drug-likeness (QED) is 0.831. The van der Waals surface area contributed by atoms with E-state index >= 15 is 0 Å². The Morgan fingerprint density at radius 3 is 2.88 bits per heavy atom. The molecule has 0 saturated carbocycles. The van der Waals surface area contributed by atoms with Crippen molar-refractivity contribution in [3.8, 4) is 5.75 Å². The minimum Gasteiger partial charge on any atom is -0.492 e. The Balaban J connectivity index is 1.90. The lowest BCUT2D eigenvalue weighted by Gasteiger charge is -2.07. The summed E-state index contributed by atoms with van der Waals surface area (Å²) in [6.45, 7) is 0.559. The molecule has 0 atom stereocenters. The molecule has 0 aliphatic rings. The molecule has 0 aliphatic heterocycles. The van der Waals surface area contributed by atoms with Gasteiger partial charge in [-0.1, -0.05) is 11.6 Å². The Bertz CT molecular complexity index is 454. The average Bonchev–Trinajstić information content (AvgIpc) is 2.74. The van der Waals surface area contributed by atoms with Gasteiger partial charge < -0.3 is 14.9 Å². The van der Waals surface area contributed by atoms with E-state index in [9.17, 15) is 0 Å². The van der Waals surface area contributed by atoms with Gasteiger partial charge in [-0.25, -0.2) is 0 Å². The lowest BCUT2D eigenvalue weighted by atomic mass is 10.2. The number of anilines is 1. The highest BCUT2D eigenvalue weighted by molar-refractivity contribution is 6.32. The van der Waals surface area contributed by atoms with Crippen LogP contribution in [0.2, 0.25) is 5.02 Å². The lowest BCUT2D eigenvalue weighted by molar-refractivity contribution is 0.321. The second-order valence-electron chi connectivity index (χ2n) is 3.42. The van der Waals surface area contributed by atoms with Gasteiger partial charge in [-0.2, -0.15) is 0 Å². The normalized spacial score (nSPS) is 10.3. The Kier molecular flexibility index (Phi) is 3.37. The second-order valence-corrected chi connectivity index (χ2v) is 3.83. The number of hydrogen-bond donors (Lipinski definition) is 1.